The second-order valence-electron chi connectivity index (χ2n) is 6.01. The fourth-order valence-corrected chi connectivity index (χ4v) is 1.23. The van der Waals surface area contributed by atoms with Gasteiger partial charge in [-0.3, -0.25) is 4.79 Å². The van der Waals surface area contributed by atoms with E-state index in [1.165, 1.54) is 0 Å². The number of aromatic nitrogens is 3. The van der Waals surface area contributed by atoms with Crippen LogP contribution in [0.4, 0.5) is 11.8 Å². The van der Waals surface area contributed by atoms with Crippen molar-refractivity contribution in [1.29, 1.82) is 0 Å². The number of H-pyrrole nitrogens is 1. The summed E-state index contributed by atoms with van der Waals surface area (Å²) in [6, 6.07) is 1.64. The molecule has 0 saturated heterocycles. The lowest BCUT2D eigenvalue weighted by molar-refractivity contribution is 0.469. The minimum atomic E-state index is -0.199. The molecule has 5 N–H and O–H groups in total. The molecule has 0 atom stereocenters. The summed E-state index contributed by atoms with van der Waals surface area (Å²) < 4.78 is 0. The first kappa shape index (κ1) is 14.9. The lowest BCUT2D eigenvalue weighted by Gasteiger charge is -2.05. The number of rotatable bonds is 0. The molecule has 2 heterocycles. The van der Waals surface area contributed by atoms with Crippen LogP contribution in [-0.2, 0) is 0 Å². The maximum Gasteiger partial charge on any atom is 0.252 e. The zero-order valence-corrected chi connectivity index (χ0v) is 12.0. The minimum absolute atomic E-state index is 0.0505. The number of pyridine rings is 1. The van der Waals surface area contributed by atoms with Gasteiger partial charge in [-0.25, -0.2) is 0 Å². The molecule has 2 rings (SSSR count). The van der Waals surface area contributed by atoms with Gasteiger partial charge in [0.1, 0.15) is 11.5 Å². The highest BCUT2D eigenvalue weighted by molar-refractivity contribution is 5.86. The highest BCUT2D eigenvalue weighted by Gasteiger charge is 2.05. The number of aryl methyl sites for hydroxylation is 1. The van der Waals surface area contributed by atoms with E-state index in [0.717, 1.165) is 0 Å². The largest absolute Gasteiger partial charge is 0.383 e. The van der Waals surface area contributed by atoms with E-state index in [0.29, 0.717) is 22.0 Å². The molecule has 0 aliphatic heterocycles. The number of nitrogen functional groups attached to an aromatic ring is 2. The van der Waals surface area contributed by atoms with Gasteiger partial charge in [0.05, 0.1) is 5.39 Å². The van der Waals surface area contributed by atoms with Gasteiger partial charge in [0.2, 0.25) is 5.95 Å². The smallest absolute Gasteiger partial charge is 0.252 e. The molecule has 2 aromatic rings. The van der Waals surface area contributed by atoms with Crippen LogP contribution >= 0.6 is 0 Å². The average Bonchev–Trinajstić information content (AvgIpc) is 2.18. The van der Waals surface area contributed by atoms with E-state index in [1.807, 2.05) is 0 Å². The predicted octanol–water partition coefficient (Wildman–Crippen LogP) is 1.84. The molecule has 0 unspecified atom stereocenters. The van der Waals surface area contributed by atoms with Crippen LogP contribution in [0.1, 0.15) is 33.3 Å². The van der Waals surface area contributed by atoms with E-state index in [1.54, 1.807) is 13.0 Å². The lowest BCUT2D eigenvalue weighted by atomic mass is 10.0. The highest BCUT2D eigenvalue weighted by atomic mass is 16.1. The maximum atomic E-state index is 11.3. The van der Waals surface area contributed by atoms with Gasteiger partial charge in [0.15, 0.2) is 0 Å². The first-order valence-corrected chi connectivity index (χ1v) is 6.00. The van der Waals surface area contributed by atoms with Gasteiger partial charge in [-0.1, -0.05) is 27.7 Å². The number of fused-ring (bicyclic) bond motifs is 1. The Morgan fingerprint density at radius 2 is 1.68 bits per heavy atom. The number of hydrogen-bond donors (Lipinski definition) is 3. The van der Waals surface area contributed by atoms with Crippen molar-refractivity contribution in [2.24, 2.45) is 5.41 Å². The van der Waals surface area contributed by atoms with E-state index in [9.17, 15) is 4.79 Å². The van der Waals surface area contributed by atoms with E-state index >= 15 is 0 Å². The van der Waals surface area contributed by atoms with Gasteiger partial charge >= 0.3 is 0 Å². The van der Waals surface area contributed by atoms with Crippen LogP contribution in [0, 0.1) is 12.3 Å². The van der Waals surface area contributed by atoms with E-state index in [2.05, 4.69) is 42.6 Å². The van der Waals surface area contributed by atoms with Crippen molar-refractivity contribution in [2.75, 3.05) is 11.5 Å². The summed E-state index contributed by atoms with van der Waals surface area (Å²) in [5, 5.41) is 0.608. The highest BCUT2D eigenvalue weighted by Crippen LogP contribution is 2.15. The fraction of sp³-hybridized carbons (Fsp3) is 0.462. The first-order valence-electron chi connectivity index (χ1n) is 6.00. The van der Waals surface area contributed by atoms with Crippen molar-refractivity contribution in [3.63, 3.8) is 0 Å². The van der Waals surface area contributed by atoms with Crippen molar-refractivity contribution < 1.29 is 0 Å². The van der Waals surface area contributed by atoms with Crippen molar-refractivity contribution >= 4 is 22.8 Å². The molecule has 0 bridgehead atoms. The summed E-state index contributed by atoms with van der Waals surface area (Å²) in [4.78, 5) is 21.5. The summed E-state index contributed by atoms with van der Waals surface area (Å²) >= 11 is 0. The monoisotopic (exact) mass is 263 g/mol. The van der Waals surface area contributed by atoms with Crippen molar-refractivity contribution in [1.82, 2.24) is 15.0 Å². The molecule has 0 aliphatic carbocycles. The molecule has 0 amide bonds. The summed E-state index contributed by atoms with van der Waals surface area (Å²) in [5.74, 6) is 0.321. The van der Waals surface area contributed by atoms with Gasteiger partial charge in [-0.2, -0.15) is 9.97 Å². The molecule has 0 fully saturated rings. The SMILES string of the molecule is CC(C)(C)C.Cc1cc2c(N)nc(N)nc2[nH]c1=O. The minimum Gasteiger partial charge on any atom is -0.383 e. The van der Waals surface area contributed by atoms with Gasteiger partial charge in [-0.05, 0) is 18.4 Å². The Hall–Kier alpha value is -2.11. The normalized spacial score (nSPS) is 11.0. The number of anilines is 2. The number of nitrogens with zero attached hydrogens (tertiary/aromatic N) is 2. The Bertz CT molecular complexity index is 634. The molecule has 6 nitrogen and oxygen atoms in total. The van der Waals surface area contributed by atoms with Crippen LogP contribution in [0.2, 0.25) is 0 Å². The van der Waals surface area contributed by atoms with Crippen molar-refractivity contribution in [2.45, 2.75) is 34.6 Å². The Kier molecular flexibility index (Phi) is 4.14. The van der Waals surface area contributed by atoms with Crippen LogP contribution in [0.15, 0.2) is 10.9 Å². The van der Waals surface area contributed by atoms with Crippen LogP contribution < -0.4 is 17.0 Å². The summed E-state index contributed by atoms with van der Waals surface area (Å²) in [5.41, 5.74) is 12.2. The molecule has 0 saturated carbocycles. The standard InChI is InChI=1S/C8H9N5O.C5H12/c1-3-2-4-5(9)11-8(10)13-6(4)12-7(3)14;1-5(2,3)4/h2H,1H3,(H5,9,10,11,12,13,14);1-4H3. The molecule has 0 aliphatic rings. The molecule has 2 aromatic heterocycles. The van der Waals surface area contributed by atoms with Gasteiger partial charge in [0.25, 0.3) is 5.56 Å². The second-order valence-corrected chi connectivity index (χ2v) is 6.01. The Balaban J connectivity index is 0.000000312. The second kappa shape index (κ2) is 5.26. The first-order chi connectivity index (χ1) is 8.58. The van der Waals surface area contributed by atoms with Crippen molar-refractivity contribution in [3.8, 4) is 0 Å². The van der Waals surface area contributed by atoms with Crippen molar-refractivity contribution in [3.05, 3.63) is 22.0 Å². The molecule has 104 valence electrons. The van der Waals surface area contributed by atoms with Crippen LogP contribution in [-0.4, -0.2) is 15.0 Å². The Morgan fingerprint density at radius 3 is 2.21 bits per heavy atom. The number of aromatic amines is 1. The van der Waals surface area contributed by atoms with Gasteiger partial charge in [0, 0.05) is 5.56 Å². The predicted molar refractivity (Wildman–Crippen MR) is 78.8 cm³/mol. The zero-order chi connectivity index (χ0) is 14.8. The quantitative estimate of drug-likeness (QED) is 0.671. The third-order valence-electron chi connectivity index (χ3n) is 1.94. The zero-order valence-electron chi connectivity index (χ0n) is 12.0. The summed E-state index contributed by atoms with van der Waals surface area (Å²) in [6.45, 7) is 10.4. The Labute approximate surface area is 112 Å². The average molecular weight is 263 g/mol. The fourth-order valence-electron chi connectivity index (χ4n) is 1.23. The van der Waals surface area contributed by atoms with Gasteiger partial charge in [-0.15, -0.1) is 0 Å². The van der Waals surface area contributed by atoms with Crippen LogP contribution in [0.5, 0.6) is 0 Å². The third kappa shape index (κ3) is 4.57. The number of hydrogen-bond acceptors (Lipinski definition) is 5. The molecule has 6 heteroatoms. The molecule has 19 heavy (non-hydrogen) atoms. The molecular weight excluding hydrogens is 242 g/mol. The molecular formula is C13H21N5O. The molecule has 0 spiro atoms. The molecule has 0 radical (unpaired) electrons. The van der Waals surface area contributed by atoms with E-state index in [4.69, 9.17) is 11.5 Å². The summed E-state index contributed by atoms with van der Waals surface area (Å²) in [7, 11) is 0. The number of nitrogens with one attached hydrogen (secondary N) is 1. The lowest BCUT2D eigenvalue weighted by Crippen LogP contribution is -2.11. The third-order valence-corrected chi connectivity index (χ3v) is 1.94. The van der Waals surface area contributed by atoms with Crippen LogP contribution in [0.3, 0.4) is 0 Å². The Morgan fingerprint density at radius 1 is 1.16 bits per heavy atom. The molecule has 0 aromatic carbocycles. The van der Waals surface area contributed by atoms with E-state index < -0.39 is 0 Å². The summed E-state index contributed by atoms with van der Waals surface area (Å²) in [6.07, 6.45) is 0. The van der Waals surface area contributed by atoms with Crippen LogP contribution in [0.25, 0.3) is 11.0 Å². The number of nitrogens with two attached hydrogens (primary N) is 2. The van der Waals surface area contributed by atoms with Gasteiger partial charge < -0.3 is 16.5 Å². The maximum absolute atomic E-state index is 11.3. The van der Waals surface area contributed by atoms with E-state index in [-0.39, 0.29) is 17.3 Å². The topological polar surface area (TPSA) is 111 Å².